The van der Waals surface area contributed by atoms with Gasteiger partial charge in [-0.05, 0) is 45.6 Å². The van der Waals surface area contributed by atoms with Crippen molar-refractivity contribution in [3.8, 4) is 0 Å². The Hall–Kier alpha value is -1.42. The Morgan fingerprint density at radius 2 is 1.84 bits per heavy atom. The van der Waals surface area contributed by atoms with E-state index in [1.165, 1.54) is 19.6 Å². The molecule has 4 heteroatoms. The summed E-state index contributed by atoms with van der Waals surface area (Å²) in [6.07, 6.45) is 5.71. The number of ketones is 1. The summed E-state index contributed by atoms with van der Waals surface area (Å²) in [5.74, 6) is -1.51. The Morgan fingerprint density at radius 1 is 1.21 bits per heavy atom. The third-order valence-electron chi connectivity index (χ3n) is 2.84. The van der Waals surface area contributed by atoms with Gasteiger partial charge in [0.1, 0.15) is 11.7 Å². The van der Waals surface area contributed by atoms with Crippen molar-refractivity contribution in [2.75, 3.05) is 13.7 Å². The molecule has 1 N–H and O–H groups in total. The number of aliphatic hydroxyl groups is 1. The quantitative estimate of drug-likeness (QED) is 0.417. The fraction of sp³-hybridized carbons (Fsp3) is 0.600. The summed E-state index contributed by atoms with van der Waals surface area (Å²) in [4.78, 5) is 22.8. The molecule has 4 nitrogen and oxygen atoms in total. The lowest BCUT2D eigenvalue weighted by Gasteiger charge is -2.10. The molecule has 0 amide bonds. The number of aliphatic hydroxyl groups excluding tert-OH is 1. The Balaban J connectivity index is 4.56. The van der Waals surface area contributed by atoms with Crippen molar-refractivity contribution in [2.24, 2.45) is 5.92 Å². The van der Waals surface area contributed by atoms with E-state index >= 15 is 0 Å². The normalized spacial score (nSPS) is 12.8. The van der Waals surface area contributed by atoms with Crippen LogP contribution in [0.1, 0.15) is 40.0 Å². The minimum Gasteiger partial charge on any atom is -0.468 e. The molecule has 0 fully saturated rings. The molecular weight excluding hydrogens is 244 g/mol. The lowest BCUT2D eigenvalue weighted by molar-refractivity contribution is -0.148. The van der Waals surface area contributed by atoms with E-state index < -0.39 is 11.9 Å². The molecule has 0 heterocycles. The van der Waals surface area contributed by atoms with E-state index in [9.17, 15) is 14.7 Å². The molecular formula is C15H24O4. The van der Waals surface area contributed by atoms with Crippen molar-refractivity contribution in [1.29, 1.82) is 0 Å². The molecule has 1 atom stereocenters. The number of carbonyl (C=O) groups excluding carboxylic acids is 2. The summed E-state index contributed by atoms with van der Waals surface area (Å²) in [6.45, 7) is 5.36. The van der Waals surface area contributed by atoms with Gasteiger partial charge in [-0.2, -0.15) is 0 Å². The van der Waals surface area contributed by atoms with E-state index in [2.05, 4.69) is 10.8 Å². The molecule has 0 rings (SSSR count). The Bertz CT molecular complexity index is 362. The van der Waals surface area contributed by atoms with Crippen molar-refractivity contribution in [2.45, 2.75) is 40.0 Å². The Morgan fingerprint density at radius 3 is 2.26 bits per heavy atom. The average Bonchev–Trinajstić information content (AvgIpc) is 2.35. The molecule has 19 heavy (non-hydrogen) atoms. The SMILES string of the molecule is COC(=O)C(C/C=C(/CO)CCC=C(C)C)C(C)=O. The minimum absolute atomic E-state index is 0.0532. The van der Waals surface area contributed by atoms with Crippen LogP contribution in [0.5, 0.6) is 0 Å². The first kappa shape index (κ1) is 17.6. The molecule has 0 aromatic rings. The highest BCUT2D eigenvalue weighted by Crippen LogP contribution is 2.13. The summed E-state index contributed by atoms with van der Waals surface area (Å²) in [7, 11) is 1.27. The number of carbonyl (C=O) groups is 2. The highest BCUT2D eigenvalue weighted by molar-refractivity contribution is 5.97. The zero-order valence-corrected chi connectivity index (χ0v) is 12.2. The number of ether oxygens (including phenoxy) is 1. The van der Waals surface area contributed by atoms with Crippen LogP contribution in [0.4, 0.5) is 0 Å². The van der Waals surface area contributed by atoms with Crippen LogP contribution in [-0.4, -0.2) is 30.6 Å². The van der Waals surface area contributed by atoms with Crippen LogP contribution in [0.25, 0.3) is 0 Å². The molecule has 0 bridgehead atoms. The monoisotopic (exact) mass is 268 g/mol. The highest BCUT2D eigenvalue weighted by atomic mass is 16.5. The molecule has 0 saturated heterocycles. The maximum atomic E-state index is 11.4. The van der Waals surface area contributed by atoms with Crippen LogP contribution in [0.15, 0.2) is 23.3 Å². The van der Waals surface area contributed by atoms with Crippen molar-refractivity contribution in [3.63, 3.8) is 0 Å². The van der Waals surface area contributed by atoms with Gasteiger partial charge in [0.2, 0.25) is 0 Å². The largest absolute Gasteiger partial charge is 0.468 e. The van der Waals surface area contributed by atoms with Gasteiger partial charge < -0.3 is 9.84 Å². The Labute approximate surface area is 115 Å². The highest BCUT2D eigenvalue weighted by Gasteiger charge is 2.22. The van der Waals surface area contributed by atoms with Crippen molar-refractivity contribution in [3.05, 3.63) is 23.3 Å². The summed E-state index contributed by atoms with van der Waals surface area (Å²) in [6, 6.07) is 0. The van der Waals surface area contributed by atoms with Gasteiger partial charge in [0.25, 0.3) is 0 Å². The third-order valence-corrected chi connectivity index (χ3v) is 2.84. The second-order valence-electron chi connectivity index (χ2n) is 4.76. The van der Waals surface area contributed by atoms with E-state index in [-0.39, 0.29) is 18.8 Å². The summed E-state index contributed by atoms with van der Waals surface area (Å²) < 4.78 is 4.59. The molecule has 0 saturated carbocycles. The number of methoxy groups -OCH3 is 1. The molecule has 0 aliphatic heterocycles. The van der Waals surface area contributed by atoms with E-state index in [1.807, 2.05) is 13.8 Å². The number of rotatable bonds is 8. The molecule has 0 aromatic carbocycles. The number of esters is 1. The standard InChI is InChI=1S/C15H24O4/c1-11(2)6-5-7-13(10-16)8-9-14(12(3)17)15(18)19-4/h6,8,14,16H,5,7,9-10H2,1-4H3/b13-8+. The predicted molar refractivity (Wildman–Crippen MR) is 74.6 cm³/mol. The van der Waals surface area contributed by atoms with Crippen molar-refractivity contribution >= 4 is 11.8 Å². The molecule has 1 unspecified atom stereocenters. The zero-order chi connectivity index (χ0) is 14.8. The van der Waals surface area contributed by atoms with Gasteiger partial charge in [-0.3, -0.25) is 9.59 Å². The van der Waals surface area contributed by atoms with Crippen LogP contribution in [0.3, 0.4) is 0 Å². The lowest BCUT2D eigenvalue weighted by Crippen LogP contribution is -2.22. The number of hydrogen-bond acceptors (Lipinski definition) is 4. The predicted octanol–water partition coefficient (Wildman–Crippen LogP) is 2.42. The van der Waals surface area contributed by atoms with Gasteiger partial charge >= 0.3 is 5.97 Å². The second-order valence-corrected chi connectivity index (χ2v) is 4.76. The maximum Gasteiger partial charge on any atom is 0.316 e. The summed E-state index contributed by atoms with van der Waals surface area (Å²) in [5, 5.41) is 9.25. The topological polar surface area (TPSA) is 63.6 Å². The molecule has 0 aliphatic carbocycles. The van der Waals surface area contributed by atoms with E-state index in [0.717, 1.165) is 18.4 Å². The van der Waals surface area contributed by atoms with E-state index in [0.29, 0.717) is 0 Å². The van der Waals surface area contributed by atoms with Gasteiger partial charge in [0, 0.05) is 0 Å². The third kappa shape index (κ3) is 7.57. The summed E-state index contributed by atoms with van der Waals surface area (Å²) in [5.41, 5.74) is 2.07. The molecule has 108 valence electrons. The van der Waals surface area contributed by atoms with Gasteiger partial charge in [-0.25, -0.2) is 0 Å². The van der Waals surface area contributed by atoms with Gasteiger partial charge in [0.15, 0.2) is 0 Å². The first-order chi connectivity index (χ1) is 8.92. The molecule has 0 aromatic heterocycles. The fourth-order valence-corrected chi connectivity index (χ4v) is 1.65. The molecule has 0 aliphatic rings. The van der Waals surface area contributed by atoms with Gasteiger partial charge in [-0.15, -0.1) is 0 Å². The van der Waals surface area contributed by atoms with Crippen LogP contribution in [-0.2, 0) is 14.3 Å². The van der Waals surface area contributed by atoms with Crippen LogP contribution in [0, 0.1) is 5.92 Å². The first-order valence-electron chi connectivity index (χ1n) is 6.42. The van der Waals surface area contributed by atoms with E-state index in [4.69, 9.17) is 0 Å². The lowest BCUT2D eigenvalue weighted by atomic mass is 9.98. The second kappa shape index (κ2) is 9.50. The van der Waals surface area contributed by atoms with Crippen LogP contribution < -0.4 is 0 Å². The van der Waals surface area contributed by atoms with Gasteiger partial charge in [-0.1, -0.05) is 17.7 Å². The fourth-order valence-electron chi connectivity index (χ4n) is 1.65. The number of hydrogen-bond donors (Lipinski definition) is 1. The number of Topliss-reactive ketones (excluding diaryl/α,β-unsaturated/α-hetero) is 1. The Kier molecular flexibility index (Phi) is 8.79. The molecule has 0 radical (unpaired) electrons. The first-order valence-corrected chi connectivity index (χ1v) is 6.42. The summed E-state index contributed by atoms with van der Waals surface area (Å²) >= 11 is 0. The zero-order valence-electron chi connectivity index (χ0n) is 12.2. The van der Waals surface area contributed by atoms with Crippen molar-refractivity contribution in [1.82, 2.24) is 0 Å². The van der Waals surface area contributed by atoms with Crippen LogP contribution >= 0.6 is 0 Å². The number of allylic oxidation sites excluding steroid dienone is 3. The smallest absolute Gasteiger partial charge is 0.316 e. The average molecular weight is 268 g/mol. The minimum atomic E-state index is -0.769. The van der Waals surface area contributed by atoms with Crippen molar-refractivity contribution < 1.29 is 19.4 Å². The van der Waals surface area contributed by atoms with E-state index in [1.54, 1.807) is 6.08 Å². The maximum absolute atomic E-state index is 11.4. The molecule has 0 spiro atoms. The van der Waals surface area contributed by atoms with Crippen LogP contribution in [0.2, 0.25) is 0 Å². The van der Waals surface area contributed by atoms with Gasteiger partial charge in [0.05, 0.1) is 13.7 Å².